The highest BCUT2D eigenvalue weighted by atomic mass is 16.5. The Morgan fingerprint density at radius 1 is 1.20 bits per heavy atom. The number of nitrogens with zero attached hydrogens (tertiary/aromatic N) is 2. The van der Waals surface area contributed by atoms with Crippen molar-refractivity contribution in [2.45, 2.75) is 38.5 Å². The highest BCUT2D eigenvalue weighted by Gasteiger charge is 2.40. The molecule has 3 rings (SSSR count). The molecule has 1 aromatic carbocycles. The van der Waals surface area contributed by atoms with Crippen molar-refractivity contribution in [2.75, 3.05) is 18.1 Å². The van der Waals surface area contributed by atoms with E-state index in [0.29, 0.717) is 30.5 Å². The van der Waals surface area contributed by atoms with Crippen LogP contribution in [0.5, 0.6) is 0 Å². The number of esters is 1. The van der Waals surface area contributed by atoms with Gasteiger partial charge in [0.15, 0.2) is 6.61 Å². The van der Waals surface area contributed by atoms with Crippen LogP contribution >= 0.6 is 0 Å². The molecule has 1 aromatic rings. The van der Waals surface area contributed by atoms with Crippen molar-refractivity contribution in [1.82, 2.24) is 0 Å². The quantitative estimate of drug-likeness (QED) is 0.714. The first-order valence-corrected chi connectivity index (χ1v) is 9.05. The van der Waals surface area contributed by atoms with Gasteiger partial charge < -0.3 is 9.64 Å². The van der Waals surface area contributed by atoms with Crippen molar-refractivity contribution >= 4 is 17.6 Å². The van der Waals surface area contributed by atoms with Crippen LogP contribution in [-0.4, -0.2) is 25.0 Å². The molecule has 0 radical (unpaired) electrons. The monoisotopic (exact) mass is 340 g/mol. The van der Waals surface area contributed by atoms with E-state index >= 15 is 0 Å². The Morgan fingerprint density at radius 2 is 2.00 bits per heavy atom. The van der Waals surface area contributed by atoms with Gasteiger partial charge in [-0.3, -0.25) is 9.59 Å². The van der Waals surface area contributed by atoms with Crippen LogP contribution in [0.3, 0.4) is 0 Å². The van der Waals surface area contributed by atoms with E-state index in [9.17, 15) is 9.59 Å². The molecule has 0 saturated heterocycles. The van der Waals surface area contributed by atoms with Gasteiger partial charge in [0.05, 0.1) is 12.5 Å². The number of amides is 1. The second kappa shape index (κ2) is 8.15. The van der Waals surface area contributed by atoms with Gasteiger partial charge in [0, 0.05) is 18.7 Å². The Bertz CT molecular complexity index is 653. The number of rotatable bonds is 7. The Kier molecular flexibility index (Phi) is 5.70. The summed E-state index contributed by atoms with van der Waals surface area (Å²) in [6.07, 6.45) is 5.59. The summed E-state index contributed by atoms with van der Waals surface area (Å²) < 4.78 is 5.24. The Hall–Kier alpha value is -2.35. The van der Waals surface area contributed by atoms with Crippen LogP contribution in [0.25, 0.3) is 0 Å². The van der Waals surface area contributed by atoms with Crippen molar-refractivity contribution in [3.63, 3.8) is 0 Å². The Labute approximate surface area is 148 Å². The van der Waals surface area contributed by atoms with Crippen LogP contribution in [-0.2, 0) is 14.3 Å². The predicted molar refractivity (Wildman–Crippen MR) is 93.5 cm³/mol. The molecule has 0 aromatic heterocycles. The molecule has 0 heterocycles. The zero-order valence-electron chi connectivity index (χ0n) is 14.4. The lowest BCUT2D eigenvalue weighted by molar-refractivity contribution is -0.149. The molecule has 5 nitrogen and oxygen atoms in total. The average Bonchev–Trinajstić information content (AvgIpc) is 3.24. The minimum absolute atomic E-state index is 0.236. The van der Waals surface area contributed by atoms with Gasteiger partial charge in [-0.15, -0.1) is 0 Å². The van der Waals surface area contributed by atoms with E-state index in [0.717, 1.165) is 12.3 Å². The van der Waals surface area contributed by atoms with E-state index in [1.54, 1.807) is 0 Å². The maximum atomic E-state index is 12.5. The lowest BCUT2D eigenvalue weighted by Gasteiger charge is -2.23. The molecule has 3 unspecified atom stereocenters. The molecule has 5 heteroatoms. The zero-order chi connectivity index (χ0) is 17.6. The van der Waals surface area contributed by atoms with E-state index in [4.69, 9.17) is 10.00 Å². The van der Waals surface area contributed by atoms with Crippen molar-refractivity contribution < 1.29 is 14.3 Å². The van der Waals surface area contributed by atoms with Crippen molar-refractivity contribution in [1.29, 1.82) is 5.26 Å². The molecule has 2 aliphatic carbocycles. The third-order valence-electron chi connectivity index (χ3n) is 5.49. The highest BCUT2D eigenvalue weighted by molar-refractivity contribution is 5.95. The topological polar surface area (TPSA) is 70.4 Å². The van der Waals surface area contributed by atoms with Crippen LogP contribution in [0.4, 0.5) is 5.69 Å². The number of nitriles is 1. The minimum Gasteiger partial charge on any atom is -0.456 e. The van der Waals surface area contributed by atoms with Crippen LogP contribution < -0.4 is 4.90 Å². The molecule has 2 aliphatic rings. The van der Waals surface area contributed by atoms with Gasteiger partial charge in [-0.05, 0) is 49.1 Å². The number of benzene rings is 1. The number of fused-ring (bicyclic) bond motifs is 2. The van der Waals surface area contributed by atoms with Gasteiger partial charge in [0.25, 0.3) is 5.91 Å². The largest absolute Gasteiger partial charge is 0.456 e. The lowest BCUT2D eigenvalue weighted by atomic mass is 9.86. The first kappa shape index (κ1) is 17.5. The maximum absolute atomic E-state index is 12.5. The number of para-hydroxylation sites is 1. The van der Waals surface area contributed by atoms with Crippen molar-refractivity contribution in [3.8, 4) is 6.07 Å². The maximum Gasteiger partial charge on any atom is 0.306 e. The molecule has 0 spiro atoms. The Balaban J connectivity index is 1.50. The van der Waals surface area contributed by atoms with Gasteiger partial charge >= 0.3 is 5.97 Å². The van der Waals surface area contributed by atoms with Crippen LogP contribution in [0, 0.1) is 29.1 Å². The normalized spacial score (nSPS) is 23.9. The minimum atomic E-state index is -0.289. The second-order valence-corrected chi connectivity index (χ2v) is 7.09. The number of carbonyl (C=O) groups is 2. The molecule has 132 valence electrons. The summed E-state index contributed by atoms with van der Waals surface area (Å²) >= 11 is 0. The molecule has 1 amide bonds. The fourth-order valence-corrected chi connectivity index (χ4v) is 4.29. The van der Waals surface area contributed by atoms with Gasteiger partial charge in [-0.1, -0.05) is 24.6 Å². The number of ether oxygens (including phenoxy) is 1. The number of carbonyl (C=O) groups excluding carboxylic acids is 2. The average molecular weight is 340 g/mol. The fraction of sp³-hybridized carbons (Fsp3) is 0.550. The molecular weight excluding hydrogens is 316 g/mol. The van der Waals surface area contributed by atoms with Crippen LogP contribution in [0.15, 0.2) is 30.3 Å². The number of hydrogen-bond acceptors (Lipinski definition) is 4. The van der Waals surface area contributed by atoms with Crippen LogP contribution in [0.1, 0.15) is 38.5 Å². The summed E-state index contributed by atoms with van der Waals surface area (Å²) in [5, 5.41) is 8.80. The Morgan fingerprint density at radius 3 is 2.64 bits per heavy atom. The van der Waals surface area contributed by atoms with Crippen molar-refractivity contribution in [3.05, 3.63) is 30.3 Å². The van der Waals surface area contributed by atoms with E-state index in [1.807, 2.05) is 36.4 Å². The third-order valence-corrected chi connectivity index (χ3v) is 5.49. The molecule has 2 bridgehead atoms. The predicted octanol–water partition coefficient (Wildman–Crippen LogP) is 3.30. The molecule has 2 saturated carbocycles. The molecule has 2 fully saturated rings. The fourth-order valence-electron chi connectivity index (χ4n) is 4.29. The molecule has 0 aliphatic heterocycles. The molecular formula is C20H24N2O3. The third kappa shape index (κ3) is 4.39. The van der Waals surface area contributed by atoms with Crippen molar-refractivity contribution in [2.24, 2.45) is 17.8 Å². The summed E-state index contributed by atoms with van der Waals surface area (Å²) in [6, 6.07) is 11.2. The lowest BCUT2D eigenvalue weighted by Crippen LogP contribution is -2.35. The van der Waals surface area contributed by atoms with Crippen LogP contribution in [0.2, 0.25) is 0 Å². The summed E-state index contributed by atoms with van der Waals surface area (Å²) in [5.74, 6) is 1.33. The first-order valence-electron chi connectivity index (χ1n) is 9.05. The molecule has 3 atom stereocenters. The standard InChI is InChI=1S/C20H24N2O3/c21-9-4-10-22(18-5-2-1-3-6-18)19(23)14-25-20(24)13-17-12-15-7-8-16(17)11-15/h1-3,5-6,15-17H,4,7-8,10-14H2. The van der Waals surface area contributed by atoms with Gasteiger partial charge in [0.2, 0.25) is 0 Å². The second-order valence-electron chi connectivity index (χ2n) is 7.09. The SMILES string of the molecule is N#CCCN(C(=O)COC(=O)CC1CC2CCC1C2)c1ccccc1. The summed E-state index contributed by atoms with van der Waals surface area (Å²) in [7, 11) is 0. The van der Waals surface area contributed by atoms with Gasteiger partial charge in [-0.2, -0.15) is 5.26 Å². The van der Waals surface area contributed by atoms with E-state index in [-0.39, 0.29) is 24.9 Å². The zero-order valence-corrected chi connectivity index (χ0v) is 14.4. The smallest absolute Gasteiger partial charge is 0.306 e. The van der Waals surface area contributed by atoms with E-state index < -0.39 is 0 Å². The molecule has 0 N–H and O–H groups in total. The van der Waals surface area contributed by atoms with Gasteiger partial charge in [-0.25, -0.2) is 0 Å². The number of hydrogen-bond donors (Lipinski definition) is 0. The molecule has 25 heavy (non-hydrogen) atoms. The van der Waals surface area contributed by atoms with Gasteiger partial charge in [0.1, 0.15) is 0 Å². The highest BCUT2D eigenvalue weighted by Crippen LogP contribution is 2.49. The first-order chi connectivity index (χ1) is 12.2. The summed E-state index contributed by atoms with van der Waals surface area (Å²) in [6.45, 7) is 0.0310. The number of anilines is 1. The summed E-state index contributed by atoms with van der Waals surface area (Å²) in [5.41, 5.74) is 0.715. The summed E-state index contributed by atoms with van der Waals surface area (Å²) in [4.78, 5) is 26.1. The van der Waals surface area contributed by atoms with E-state index in [2.05, 4.69) is 0 Å². The van der Waals surface area contributed by atoms with E-state index in [1.165, 1.54) is 24.2 Å².